The minimum atomic E-state index is -0.332. The summed E-state index contributed by atoms with van der Waals surface area (Å²) in [6.07, 6.45) is 2.53. The Labute approximate surface area is 143 Å². The van der Waals surface area contributed by atoms with E-state index in [4.69, 9.17) is 9.72 Å². The van der Waals surface area contributed by atoms with E-state index in [2.05, 4.69) is 16.8 Å². The van der Waals surface area contributed by atoms with Crippen molar-refractivity contribution in [2.24, 2.45) is 0 Å². The van der Waals surface area contributed by atoms with Crippen LogP contribution in [0.1, 0.15) is 30.5 Å². The lowest BCUT2D eigenvalue weighted by atomic mass is 9.95. The van der Waals surface area contributed by atoms with Gasteiger partial charge in [0.05, 0.1) is 6.54 Å². The van der Waals surface area contributed by atoms with Crippen molar-refractivity contribution in [3.63, 3.8) is 0 Å². The number of hydrogen-bond acceptors (Lipinski definition) is 6. The van der Waals surface area contributed by atoms with Gasteiger partial charge in [-0.15, -0.1) is 0 Å². The Bertz CT molecular complexity index is 648. The topological polar surface area (TPSA) is 61.8 Å². The zero-order chi connectivity index (χ0) is 17.5. The van der Waals surface area contributed by atoms with Crippen LogP contribution in [0.5, 0.6) is 0 Å². The quantitative estimate of drug-likeness (QED) is 0.825. The summed E-state index contributed by atoms with van der Waals surface area (Å²) in [6, 6.07) is 0. The summed E-state index contributed by atoms with van der Waals surface area (Å²) in [5.41, 5.74) is 1.80. The molecule has 1 aromatic rings. The molecular formula is C17H27N5O2. The zero-order valence-corrected chi connectivity index (χ0v) is 15.3. The minimum Gasteiger partial charge on any atom is -0.441 e. The average Bonchev–Trinajstić information content (AvgIpc) is 2.69. The Morgan fingerprint density at radius 2 is 1.92 bits per heavy atom. The lowest BCUT2D eigenvalue weighted by Gasteiger charge is -2.27. The maximum atomic E-state index is 11.8. The van der Waals surface area contributed by atoms with Crippen LogP contribution in [0.2, 0.25) is 0 Å². The first-order chi connectivity index (χ1) is 11.3. The number of amides is 1. The lowest BCUT2D eigenvalue weighted by Crippen LogP contribution is -2.35. The Morgan fingerprint density at radius 3 is 2.54 bits per heavy atom. The molecule has 0 radical (unpaired) electrons. The average molecular weight is 333 g/mol. The molecule has 2 aliphatic heterocycles. The molecule has 1 aromatic heterocycles. The van der Waals surface area contributed by atoms with Crippen LogP contribution in [0.25, 0.3) is 0 Å². The van der Waals surface area contributed by atoms with Gasteiger partial charge >= 0.3 is 6.09 Å². The van der Waals surface area contributed by atoms with E-state index in [-0.39, 0.29) is 11.7 Å². The second kappa shape index (κ2) is 6.11. The second-order valence-corrected chi connectivity index (χ2v) is 7.20. The molecular weight excluding hydrogens is 306 g/mol. The molecule has 2 fully saturated rings. The highest BCUT2D eigenvalue weighted by molar-refractivity contribution is 5.70. The van der Waals surface area contributed by atoms with Gasteiger partial charge in [0.1, 0.15) is 11.4 Å². The highest BCUT2D eigenvalue weighted by atomic mass is 16.6. The number of carbonyl (C=O) groups is 1. The molecule has 1 unspecified atom stereocenters. The van der Waals surface area contributed by atoms with Gasteiger partial charge in [0.25, 0.3) is 0 Å². The zero-order valence-electron chi connectivity index (χ0n) is 15.3. The maximum absolute atomic E-state index is 11.8. The number of anilines is 2. The first-order valence-corrected chi connectivity index (χ1v) is 8.53. The molecule has 2 aliphatic rings. The van der Waals surface area contributed by atoms with Gasteiger partial charge in [-0.2, -0.15) is 4.98 Å². The van der Waals surface area contributed by atoms with Crippen LogP contribution in [0.3, 0.4) is 0 Å². The van der Waals surface area contributed by atoms with E-state index in [0.717, 1.165) is 55.4 Å². The lowest BCUT2D eigenvalue weighted by molar-refractivity contribution is 0.0473. The molecule has 1 amide bonds. The standard InChI is InChI=1S/C17H27N5O2/c1-12-13(2)18-15(20(3)4)19-14(12)22-9-6-7-17(8-10-22)11-21(5)16(23)24-17/h6-11H2,1-5H3. The SMILES string of the molecule is Cc1nc(N(C)C)nc(N2CCCC3(CC2)CN(C)C(=O)O3)c1C. The van der Waals surface area contributed by atoms with E-state index in [1.807, 2.05) is 25.9 Å². The number of likely N-dealkylation sites (N-methyl/N-ethyl adjacent to an activating group) is 1. The fraction of sp³-hybridized carbons (Fsp3) is 0.706. The van der Waals surface area contributed by atoms with Crippen LogP contribution in [-0.4, -0.2) is 67.3 Å². The summed E-state index contributed by atoms with van der Waals surface area (Å²) in [4.78, 5) is 27.0. The summed E-state index contributed by atoms with van der Waals surface area (Å²) in [7, 11) is 5.72. The van der Waals surface area contributed by atoms with Crippen molar-refractivity contribution < 1.29 is 9.53 Å². The Hall–Kier alpha value is -2.05. The van der Waals surface area contributed by atoms with Crippen molar-refractivity contribution >= 4 is 17.9 Å². The summed E-state index contributed by atoms with van der Waals surface area (Å²) < 4.78 is 5.70. The number of nitrogens with zero attached hydrogens (tertiary/aromatic N) is 5. The van der Waals surface area contributed by atoms with Crippen molar-refractivity contribution in [1.82, 2.24) is 14.9 Å². The van der Waals surface area contributed by atoms with Gasteiger partial charge in [0.2, 0.25) is 5.95 Å². The van der Waals surface area contributed by atoms with Gasteiger partial charge in [-0.1, -0.05) is 0 Å². The van der Waals surface area contributed by atoms with E-state index >= 15 is 0 Å². The molecule has 7 nitrogen and oxygen atoms in total. The summed E-state index contributed by atoms with van der Waals surface area (Å²) in [5, 5.41) is 0. The molecule has 0 aromatic carbocycles. The van der Waals surface area contributed by atoms with Gasteiger partial charge in [0.15, 0.2) is 0 Å². The smallest absolute Gasteiger partial charge is 0.410 e. The molecule has 1 spiro atoms. The number of carbonyl (C=O) groups excluding carboxylic acids is 1. The molecule has 2 saturated heterocycles. The van der Waals surface area contributed by atoms with Crippen molar-refractivity contribution in [2.75, 3.05) is 50.6 Å². The van der Waals surface area contributed by atoms with Gasteiger partial charge in [0, 0.05) is 51.9 Å². The third-order valence-corrected chi connectivity index (χ3v) is 5.09. The van der Waals surface area contributed by atoms with Crippen LogP contribution < -0.4 is 9.80 Å². The van der Waals surface area contributed by atoms with Crippen LogP contribution in [0.15, 0.2) is 0 Å². The molecule has 0 aliphatic carbocycles. The summed E-state index contributed by atoms with van der Waals surface area (Å²) in [5.74, 6) is 1.74. The normalized spacial score (nSPS) is 24.3. The highest BCUT2D eigenvalue weighted by Crippen LogP contribution is 2.34. The predicted molar refractivity (Wildman–Crippen MR) is 93.7 cm³/mol. The first kappa shape index (κ1) is 16.8. The van der Waals surface area contributed by atoms with Crippen LogP contribution in [-0.2, 0) is 4.74 Å². The monoisotopic (exact) mass is 333 g/mol. The van der Waals surface area contributed by atoms with Crippen molar-refractivity contribution in [3.8, 4) is 0 Å². The maximum Gasteiger partial charge on any atom is 0.410 e. The molecule has 0 bridgehead atoms. The van der Waals surface area contributed by atoms with E-state index in [0.29, 0.717) is 6.54 Å². The van der Waals surface area contributed by atoms with E-state index < -0.39 is 0 Å². The van der Waals surface area contributed by atoms with E-state index in [1.54, 1.807) is 11.9 Å². The largest absolute Gasteiger partial charge is 0.441 e. The van der Waals surface area contributed by atoms with Crippen LogP contribution in [0.4, 0.5) is 16.6 Å². The van der Waals surface area contributed by atoms with Gasteiger partial charge in [-0.3, -0.25) is 0 Å². The first-order valence-electron chi connectivity index (χ1n) is 8.53. The number of aryl methyl sites for hydroxylation is 1. The summed E-state index contributed by atoms with van der Waals surface area (Å²) in [6.45, 7) is 6.55. The highest BCUT2D eigenvalue weighted by Gasteiger charge is 2.44. The fourth-order valence-electron chi connectivity index (χ4n) is 3.54. The fourth-order valence-corrected chi connectivity index (χ4v) is 3.54. The van der Waals surface area contributed by atoms with Crippen molar-refractivity contribution in [2.45, 2.75) is 38.7 Å². The number of hydrogen-bond donors (Lipinski definition) is 0. The minimum absolute atomic E-state index is 0.201. The summed E-state index contributed by atoms with van der Waals surface area (Å²) >= 11 is 0. The Morgan fingerprint density at radius 1 is 1.17 bits per heavy atom. The molecule has 0 saturated carbocycles. The van der Waals surface area contributed by atoms with Gasteiger partial charge < -0.3 is 19.4 Å². The third-order valence-electron chi connectivity index (χ3n) is 5.09. The molecule has 132 valence electrons. The molecule has 3 rings (SSSR count). The number of ether oxygens (including phenoxy) is 1. The Balaban J connectivity index is 1.83. The molecule has 3 heterocycles. The second-order valence-electron chi connectivity index (χ2n) is 7.20. The molecule has 1 atom stereocenters. The third kappa shape index (κ3) is 2.99. The van der Waals surface area contributed by atoms with E-state index in [1.165, 1.54) is 0 Å². The predicted octanol–water partition coefficient (Wildman–Crippen LogP) is 1.97. The Kier molecular flexibility index (Phi) is 4.27. The van der Waals surface area contributed by atoms with Gasteiger partial charge in [-0.25, -0.2) is 9.78 Å². The van der Waals surface area contributed by atoms with Crippen LogP contribution in [0, 0.1) is 13.8 Å². The molecule has 0 N–H and O–H groups in total. The number of aromatic nitrogens is 2. The van der Waals surface area contributed by atoms with Gasteiger partial charge in [-0.05, 0) is 26.7 Å². The molecule has 24 heavy (non-hydrogen) atoms. The number of rotatable bonds is 2. The van der Waals surface area contributed by atoms with Crippen molar-refractivity contribution in [1.29, 1.82) is 0 Å². The molecule has 7 heteroatoms. The van der Waals surface area contributed by atoms with Crippen LogP contribution >= 0.6 is 0 Å². The van der Waals surface area contributed by atoms with E-state index in [9.17, 15) is 4.79 Å². The van der Waals surface area contributed by atoms with Crippen molar-refractivity contribution in [3.05, 3.63) is 11.3 Å².